The minimum atomic E-state index is -0.0993. The first-order valence-corrected chi connectivity index (χ1v) is 8.36. The molecule has 0 aromatic heterocycles. The summed E-state index contributed by atoms with van der Waals surface area (Å²) in [5, 5.41) is 3.01. The average Bonchev–Trinajstić information content (AvgIpc) is 2.62. The van der Waals surface area contributed by atoms with Gasteiger partial charge in [0.1, 0.15) is 11.5 Å². The standard InChI is InChI=1S/C20H26N2O3/c1-5-25-17-11-9-15(10-12-17)20(23)21-14-19(22(2)3)16-7-6-8-18(13-16)24-4/h6-13,19H,5,14H2,1-4H3,(H,21,23). The van der Waals surface area contributed by atoms with Crippen molar-refractivity contribution in [2.24, 2.45) is 0 Å². The molecule has 134 valence electrons. The first kappa shape index (κ1) is 18.8. The second kappa shape index (κ2) is 9.08. The number of likely N-dealkylation sites (N-methyl/N-ethyl adjacent to an activating group) is 1. The van der Waals surface area contributed by atoms with Gasteiger partial charge in [0.15, 0.2) is 0 Å². The maximum absolute atomic E-state index is 12.4. The maximum Gasteiger partial charge on any atom is 0.251 e. The Kier molecular flexibility index (Phi) is 6.83. The van der Waals surface area contributed by atoms with Gasteiger partial charge >= 0.3 is 0 Å². The third-order valence-corrected chi connectivity index (χ3v) is 3.99. The fourth-order valence-electron chi connectivity index (χ4n) is 2.61. The number of nitrogens with one attached hydrogen (secondary N) is 1. The summed E-state index contributed by atoms with van der Waals surface area (Å²) in [6, 6.07) is 15.1. The van der Waals surface area contributed by atoms with E-state index in [1.54, 1.807) is 19.2 Å². The van der Waals surface area contributed by atoms with E-state index in [1.165, 1.54) is 0 Å². The zero-order valence-electron chi connectivity index (χ0n) is 15.3. The molecule has 5 heteroatoms. The van der Waals surface area contributed by atoms with E-state index in [-0.39, 0.29) is 11.9 Å². The molecular formula is C20H26N2O3. The summed E-state index contributed by atoms with van der Waals surface area (Å²) in [6.07, 6.45) is 0. The van der Waals surface area contributed by atoms with Crippen molar-refractivity contribution in [1.29, 1.82) is 0 Å². The van der Waals surface area contributed by atoms with Gasteiger partial charge in [-0.25, -0.2) is 0 Å². The van der Waals surface area contributed by atoms with Crippen LogP contribution in [0, 0.1) is 0 Å². The Labute approximate surface area is 149 Å². The molecule has 0 fully saturated rings. The maximum atomic E-state index is 12.4. The van der Waals surface area contributed by atoms with E-state index in [0.717, 1.165) is 17.1 Å². The minimum absolute atomic E-state index is 0.0572. The zero-order chi connectivity index (χ0) is 18.2. The number of carbonyl (C=O) groups is 1. The molecule has 0 aliphatic carbocycles. The van der Waals surface area contributed by atoms with Crippen LogP contribution in [0.25, 0.3) is 0 Å². The monoisotopic (exact) mass is 342 g/mol. The fraction of sp³-hybridized carbons (Fsp3) is 0.350. The van der Waals surface area contributed by atoms with E-state index in [1.807, 2.05) is 57.4 Å². The quantitative estimate of drug-likeness (QED) is 0.801. The van der Waals surface area contributed by atoms with Crippen LogP contribution in [-0.2, 0) is 0 Å². The molecule has 0 saturated heterocycles. The highest BCUT2D eigenvalue weighted by Gasteiger charge is 2.16. The van der Waals surface area contributed by atoms with Crippen molar-refractivity contribution in [1.82, 2.24) is 10.2 Å². The number of benzene rings is 2. The molecule has 25 heavy (non-hydrogen) atoms. The largest absolute Gasteiger partial charge is 0.497 e. The Morgan fingerprint density at radius 2 is 1.84 bits per heavy atom. The van der Waals surface area contributed by atoms with E-state index >= 15 is 0 Å². The summed E-state index contributed by atoms with van der Waals surface area (Å²) >= 11 is 0. The van der Waals surface area contributed by atoms with Crippen LogP contribution in [0.15, 0.2) is 48.5 Å². The molecule has 0 saturated carbocycles. The second-order valence-corrected chi connectivity index (χ2v) is 5.92. The van der Waals surface area contributed by atoms with Crippen LogP contribution >= 0.6 is 0 Å². The van der Waals surface area contributed by atoms with Crippen molar-refractivity contribution in [3.05, 3.63) is 59.7 Å². The molecule has 2 aromatic rings. The van der Waals surface area contributed by atoms with Crippen LogP contribution < -0.4 is 14.8 Å². The van der Waals surface area contributed by atoms with Crippen molar-refractivity contribution in [3.63, 3.8) is 0 Å². The summed E-state index contributed by atoms with van der Waals surface area (Å²) in [5.74, 6) is 1.47. The molecule has 1 atom stereocenters. The lowest BCUT2D eigenvalue weighted by atomic mass is 10.1. The number of amides is 1. The predicted molar refractivity (Wildman–Crippen MR) is 99.4 cm³/mol. The predicted octanol–water partition coefficient (Wildman–Crippen LogP) is 3.13. The van der Waals surface area contributed by atoms with Crippen molar-refractivity contribution in [2.45, 2.75) is 13.0 Å². The molecule has 1 N–H and O–H groups in total. The highest BCUT2D eigenvalue weighted by molar-refractivity contribution is 5.94. The molecule has 0 bridgehead atoms. The van der Waals surface area contributed by atoms with Crippen molar-refractivity contribution in [3.8, 4) is 11.5 Å². The van der Waals surface area contributed by atoms with Gasteiger partial charge < -0.3 is 19.7 Å². The van der Waals surface area contributed by atoms with E-state index in [9.17, 15) is 4.79 Å². The lowest BCUT2D eigenvalue weighted by molar-refractivity contribution is 0.0942. The van der Waals surface area contributed by atoms with E-state index < -0.39 is 0 Å². The molecule has 2 rings (SSSR count). The van der Waals surface area contributed by atoms with Crippen LogP contribution in [0.3, 0.4) is 0 Å². The van der Waals surface area contributed by atoms with Crippen molar-refractivity contribution < 1.29 is 14.3 Å². The zero-order valence-corrected chi connectivity index (χ0v) is 15.3. The topological polar surface area (TPSA) is 50.8 Å². The van der Waals surface area contributed by atoms with Gasteiger partial charge in [-0.1, -0.05) is 12.1 Å². The van der Waals surface area contributed by atoms with Gasteiger partial charge in [-0.2, -0.15) is 0 Å². The molecule has 0 heterocycles. The van der Waals surface area contributed by atoms with Gasteiger partial charge in [0.25, 0.3) is 5.91 Å². The molecule has 1 unspecified atom stereocenters. The Balaban J connectivity index is 2.03. The number of rotatable bonds is 8. The number of carbonyl (C=O) groups excluding carboxylic acids is 1. The number of nitrogens with zero attached hydrogens (tertiary/aromatic N) is 1. The molecule has 0 spiro atoms. The molecular weight excluding hydrogens is 316 g/mol. The van der Waals surface area contributed by atoms with Crippen molar-refractivity contribution in [2.75, 3.05) is 34.4 Å². The molecule has 5 nitrogen and oxygen atoms in total. The Bertz CT molecular complexity index is 684. The normalized spacial score (nSPS) is 11.9. The molecule has 0 radical (unpaired) electrons. The number of hydrogen-bond donors (Lipinski definition) is 1. The third-order valence-electron chi connectivity index (χ3n) is 3.99. The van der Waals surface area contributed by atoms with Crippen LogP contribution in [0.2, 0.25) is 0 Å². The van der Waals surface area contributed by atoms with E-state index in [4.69, 9.17) is 9.47 Å². The van der Waals surface area contributed by atoms with E-state index in [0.29, 0.717) is 18.7 Å². The highest BCUT2D eigenvalue weighted by atomic mass is 16.5. The van der Waals surface area contributed by atoms with Crippen LogP contribution in [0.4, 0.5) is 0 Å². The minimum Gasteiger partial charge on any atom is -0.497 e. The van der Waals surface area contributed by atoms with Gasteiger partial charge in [0.05, 0.1) is 19.8 Å². The molecule has 2 aromatic carbocycles. The summed E-state index contributed by atoms with van der Waals surface area (Å²) in [6.45, 7) is 3.05. The number of hydrogen-bond acceptors (Lipinski definition) is 4. The van der Waals surface area contributed by atoms with Gasteiger partial charge in [-0.3, -0.25) is 4.79 Å². The van der Waals surface area contributed by atoms with Crippen molar-refractivity contribution >= 4 is 5.91 Å². The SMILES string of the molecule is CCOc1ccc(C(=O)NCC(c2cccc(OC)c2)N(C)C)cc1. The summed E-state index contributed by atoms with van der Waals surface area (Å²) in [7, 11) is 5.64. The molecule has 0 aliphatic heterocycles. The van der Waals surface area contributed by atoms with Gasteiger partial charge in [0, 0.05) is 12.1 Å². The van der Waals surface area contributed by atoms with Crippen LogP contribution in [0.5, 0.6) is 11.5 Å². The van der Waals surface area contributed by atoms with E-state index in [2.05, 4.69) is 10.2 Å². The highest BCUT2D eigenvalue weighted by Crippen LogP contribution is 2.22. The Morgan fingerprint density at radius 1 is 1.12 bits per heavy atom. The summed E-state index contributed by atoms with van der Waals surface area (Å²) in [5.41, 5.74) is 1.71. The summed E-state index contributed by atoms with van der Waals surface area (Å²) < 4.78 is 10.7. The lowest BCUT2D eigenvalue weighted by Crippen LogP contribution is -2.34. The number of methoxy groups -OCH3 is 1. The summed E-state index contributed by atoms with van der Waals surface area (Å²) in [4.78, 5) is 14.5. The van der Waals surface area contributed by atoms with Gasteiger partial charge in [0.2, 0.25) is 0 Å². The first-order chi connectivity index (χ1) is 12.0. The lowest BCUT2D eigenvalue weighted by Gasteiger charge is -2.25. The average molecular weight is 342 g/mol. The Hall–Kier alpha value is -2.53. The first-order valence-electron chi connectivity index (χ1n) is 8.36. The fourth-order valence-corrected chi connectivity index (χ4v) is 2.61. The second-order valence-electron chi connectivity index (χ2n) is 5.92. The third kappa shape index (κ3) is 5.22. The smallest absolute Gasteiger partial charge is 0.251 e. The van der Waals surface area contributed by atoms with Crippen LogP contribution in [-0.4, -0.2) is 45.2 Å². The van der Waals surface area contributed by atoms with Gasteiger partial charge in [-0.05, 0) is 63.0 Å². The van der Waals surface area contributed by atoms with Crippen LogP contribution in [0.1, 0.15) is 28.9 Å². The Morgan fingerprint density at radius 3 is 2.44 bits per heavy atom. The molecule has 0 aliphatic rings. The number of ether oxygens (including phenoxy) is 2. The molecule has 1 amide bonds. The van der Waals surface area contributed by atoms with Gasteiger partial charge in [-0.15, -0.1) is 0 Å².